The number of benzene rings is 1. The van der Waals surface area contributed by atoms with Gasteiger partial charge in [0.1, 0.15) is 5.76 Å². The van der Waals surface area contributed by atoms with Crippen LogP contribution < -0.4 is 9.47 Å². The van der Waals surface area contributed by atoms with Gasteiger partial charge in [-0.05, 0) is 37.3 Å². The lowest BCUT2D eigenvalue weighted by molar-refractivity contribution is -0.143. The van der Waals surface area contributed by atoms with Crippen molar-refractivity contribution in [2.45, 2.75) is 19.9 Å². The van der Waals surface area contributed by atoms with E-state index in [1.807, 2.05) is 0 Å². The van der Waals surface area contributed by atoms with Crippen molar-refractivity contribution in [1.29, 1.82) is 0 Å². The molecule has 0 N–H and O–H groups in total. The van der Waals surface area contributed by atoms with E-state index in [1.54, 1.807) is 43.5 Å². The second kappa shape index (κ2) is 9.50. The third-order valence-electron chi connectivity index (χ3n) is 3.74. The first-order valence-electron chi connectivity index (χ1n) is 8.28. The van der Waals surface area contributed by atoms with Crippen molar-refractivity contribution in [1.82, 2.24) is 4.90 Å². The van der Waals surface area contributed by atoms with E-state index >= 15 is 0 Å². The molecule has 0 atom stereocenters. The number of hydrogen-bond donors (Lipinski definition) is 0. The van der Waals surface area contributed by atoms with Gasteiger partial charge in [-0.2, -0.15) is 0 Å². The number of rotatable bonds is 9. The highest BCUT2D eigenvalue weighted by Crippen LogP contribution is 2.28. The summed E-state index contributed by atoms with van der Waals surface area (Å²) in [4.78, 5) is 26.2. The van der Waals surface area contributed by atoms with Gasteiger partial charge in [-0.25, -0.2) is 0 Å². The quantitative estimate of drug-likeness (QED) is 0.639. The number of hydrogen-bond acceptors (Lipinski definition) is 6. The second-order valence-corrected chi connectivity index (χ2v) is 5.43. The van der Waals surface area contributed by atoms with E-state index in [4.69, 9.17) is 18.6 Å². The predicted octanol–water partition coefficient (Wildman–Crippen LogP) is 2.89. The fourth-order valence-corrected chi connectivity index (χ4v) is 2.45. The molecule has 140 valence electrons. The van der Waals surface area contributed by atoms with Crippen LogP contribution in [0.15, 0.2) is 41.0 Å². The standard InChI is InChI=1S/C19H23NO6/c1-4-25-18(21)9-10-20(13-15-6-5-11-26-15)19(22)14-7-8-16(23-2)17(12-14)24-3/h5-8,11-12H,4,9-10,13H2,1-3H3. The van der Waals surface area contributed by atoms with Crippen LogP contribution in [0, 0.1) is 0 Å². The van der Waals surface area contributed by atoms with Gasteiger partial charge in [0, 0.05) is 12.1 Å². The zero-order chi connectivity index (χ0) is 18.9. The maximum Gasteiger partial charge on any atom is 0.307 e. The summed E-state index contributed by atoms with van der Waals surface area (Å²) in [5.74, 6) is 1.03. The lowest BCUT2D eigenvalue weighted by Gasteiger charge is -2.22. The van der Waals surface area contributed by atoms with E-state index in [2.05, 4.69) is 0 Å². The average molecular weight is 361 g/mol. The van der Waals surface area contributed by atoms with Gasteiger partial charge in [0.2, 0.25) is 0 Å². The Kier molecular flexibility index (Phi) is 7.08. The molecule has 2 rings (SSSR count). The van der Waals surface area contributed by atoms with E-state index < -0.39 is 0 Å². The Hall–Kier alpha value is -2.96. The summed E-state index contributed by atoms with van der Waals surface area (Å²) in [6, 6.07) is 8.46. The summed E-state index contributed by atoms with van der Waals surface area (Å²) in [5.41, 5.74) is 0.429. The van der Waals surface area contributed by atoms with E-state index in [9.17, 15) is 9.59 Å². The van der Waals surface area contributed by atoms with Crippen LogP contribution in [0.2, 0.25) is 0 Å². The summed E-state index contributed by atoms with van der Waals surface area (Å²) in [5, 5.41) is 0. The van der Waals surface area contributed by atoms with Crippen molar-refractivity contribution >= 4 is 11.9 Å². The fourth-order valence-electron chi connectivity index (χ4n) is 2.45. The number of amides is 1. The smallest absolute Gasteiger partial charge is 0.307 e. The molecule has 1 heterocycles. The molecule has 0 aliphatic rings. The highest BCUT2D eigenvalue weighted by atomic mass is 16.5. The Morgan fingerprint density at radius 2 is 1.88 bits per heavy atom. The van der Waals surface area contributed by atoms with E-state index in [-0.39, 0.29) is 31.4 Å². The fraction of sp³-hybridized carbons (Fsp3) is 0.368. The van der Waals surface area contributed by atoms with Crippen LogP contribution in [0.1, 0.15) is 29.5 Å². The number of carbonyl (C=O) groups is 2. The van der Waals surface area contributed by atoms with Crippen LogP contribution in [0.25, 0.3) is 0 Å². The largest absolute Gasteiger partial charge is 0.493 e. The zero-order valence-electron chi connectivity index (χ0n) is 15.2. The van der Waals surface area contributed by atoms with Crippen molar-refractivity contribution < 1.29 is 28.2 Å². The molecule has 0 radical (unpaired) electrons. The molecule has 0 aliphatic heterocycles. The Morgan fingerprint density at radius 3 is 2.50 bits per heavy atom. The van der Waals surface area contributed by atoms with Crippen molar-refractivity contribution in [3.63, 3.8) is 0 Å². The third kappa shape index (κ3) is 5.02. The molecule has 0 fully saturated rings. The minimum Gasteiger partial charge on any atom is -0.493 e. The molecule has 1 aromatic heterocycles. The minimum atomic E-state index is -0.350. The number of esters is 1. The maximum atomic E-state index is 12.9. The summed E-state index contributed by atoms with van der Waals surface area (Å²) in [6.45, 7) is 2.51. The summed E-state index contributed by atoms with van der Waals surface area (Å²) < 4.78 is 20.7. The van der Waals surface area contributed by atoms with Crippen LogP contribution >= 0.6 is 0 Å². The summed E-state index contributed by atoms with van der Waals surface area (Å²) >= 11 is 0. The SMILES string of the molecule is CCOC(=O)CCN(Cc1ccco1)C(=O)c1ccc(OC)c(OC)c1. The second-order valence-electron chi connectivity index (χ2n) is 5.43. The highest BCUT2D eigenvalue weighted by Gasteiger charge is 2.20. The van der Waals surface area contributed by atoms with Gasteiger partial charge in [-0.15, -0.1) is 0 Å². The molecular weight excluding hydrogens is 338 g/mol. The lowest BCUT2D eigenvalue weighted by Crippen LogP contribution is -2.32. The normalized spacial score (nSPS) is 10.3. The average Bonchev–Trinajstić information content (AvgIpc) is 3.17. The van der Waals surface area contributed by atoms with Gasteiger partial charge in [0.15, 0.2) is 11.5 Å². The van der Waals surface area contributed by atoms with Crippen LogP contribution in [0.3, 0.4) is 0 Å². The zero-order valence-corrected chi connectivity index (χ0v) is 15.2. The van der Waals surface area contributed by atoms with Crippen molar-refractivity contribution in [3.05, 3.63) is 47.9 Å². The van der Waals surface area contributed by atoms with Crippen molar-refractivity contribution in [2.75, 3.05) is 27.4 Å². The topological polar surface area (TPSA) is 78.2 Å². The molecule has 7 nitrogen and oxygen atoms in total. The summed E-state index contributed by atoms with van der Waals surface area (Å²) in [7, 11) is 3.04. The molecule has 0 bridgehead atoms. The number of nitrogens with zero attached hydrogens (tertiary/aromatic N) is 1. The first-order valence-corrected chi connectivity index (χ1v) is 8.28. The first-order chi connectivity index (χ1) is 12.6. The van der Waals surface area contributed by atoms with E-state index in [0.29, 0.717) is 29.4 Å². The van der Waals surface area contributed by atoms with Crippen LogP contribution in [0.5, 0.6) is 11.5 Å². The Morgan fingerprint density at radius 1 is 1.12 bits per heavy atom. The molecule has 7 heteroatoms. The molecule has 0 saturated heterocycles. The highest BCUT2D eigenvalue weighted by molar-refractivity contribution is 5.95. The van der Waals surface area contributed by atoms with Gasteiger partial charge in [-0.3, -0.25) is 9.59 Å². The van der Waals surface area contributed by atoms with Crippen molar-refractivity contribution in [3.8, 4) is 11.5 Å². The van der Waals surface area contributed by atoms with Crippen LogP contribution in [-0.2, 0) is 16.1 Å². The first kappa shape index (κ1) is 19.4. The van der Waals surface area contributed by atoms with Gasteiger partial charge in [-0.1, -0.05) is 0 Å². The Bertz CT molecular complexity index is 726. The number of ether oxygens (including phenoxy) is 3. The van der Waals surface area contributed by atoms with Crippen LogP contribution in [-0.4, -0.2) is 44.1 Å². The number of carbonyl (C=O) groups excluding carboxylic acids is 2. The van der Waals surface area contributed by atoms with E-state index in [0.717, 1.165) is 0 Å². The van der Waals surface area contributed by atoms with Gasteiger partial charge >= 0.3 is 5.97 Å². The Balaban J connectivity index is 2.19. The van der Waals surface area contributed by atoms with Crippen molar-refractivity contribution in [2.24, 2.45) is 0 Å². The van der Waals surface area contributed by atoms with Gasteiger partial charge in [0.05, 0.1) is 40.1 Å². The lowest BCUT2D eigenvalue weighted by atomic mass is 10.1. The predicted molar refractivity (Wildman–Crippen MR) is 94.2 cm³/mol. The number of methoxy groups -OCH3 is 2. The molecule has 2 aromatic rings. The molecule has 0 spiro atoms. The minimum absolute atomic E-state index is 0.105. The van der Waals surface area contributed by atoms with E-state index in [1.165, 1.54) is 19.1 Å². The van der Waals surface area contributed by atoms with Gasteiger partial charge < -0.3 is 23.5 Å². The monoisotopic (exact) mass is 361 g/mol. The maximum absolute atomic E-state index is 12.9. The molecule has 1 amide bonds. The number of furan rings is 1. The Labute approximate surface area is 152 Å². The molecule has 26 heavy (non-hydrogen) atoms. The molecule has 0 saturated carbocycles. The molecule has 0 unspecified atom stereocenters. The molecule has 0 aliphatic carbocycles. The summed E-state index contributed by atoms with van der Waals surface area (Å²) in [6.07, 6.45) is 1.65. The molecular formula is C19H23NO6. The third-order valence-corrected chi connectivity index (χ3v) is 3.74. The van der Waals surface area contributed by atoms with Crippen LogP contribution in [0.4, 0.5) is 0 Å². The van der Waals surface area contributed by atoms with Gasteiger partial charge in [0.25, 0.3) is 5.91 Å². The molecule has 1 aromatic carbocycles.